The van der Waals surface area contributed by atoms with Gasteiger partial charge in [-0.3, -0.25) is 14.4 Å². The van der Waals surface area contributed by atoms with Gasteiger partial charge in [0.2, 0.25) is 5.89 Å². The highest BCUT2D eigenvalue weighted by molar-refractivity contribution is 7.12. The minimum absolute atomic E-state index is 0.0693. The Morgan fingerprint density at radius 3 is 2.47 bits per heavy atom. The first-order valence-electron chi connectivity index (χ1n) is 14.0. The zero-order valence-electron chi connectivity index (χ0n) is 23.4. The summed E-state index contributed by atoms with van der Waals surface area (Å²) in [5.74, 6) is -0.0918. The summed E-state index contributed by atoms with van der Waals surface area (Å²) in [5.41, 5.74) is 8.45. The van der Waals surface area contributed by atoms with Crippen LogP contribution in [0, 0.1) is 0 Å². The van der Waals surface area contributed by atoms with Gasteiger partial charge in [0.1, 0.15) is 11.7 Å². The summed E-state index contributed by atoms with van der Waals surface area (Å²) in [5, 5.41) is 4.72. The molecule has 1 fully saturated rings. The minimum Gasteiger partial charge on any atom is -0.436 e. The van der Waals surface area contributed by atoms with Crippen molar-refractivity contribution < 1.29 is 23.6 Å². The zero-order valence-corrected chi connectivity index (χ0v) is 24.3. The Labute approximate surface area is 252 Å². The monoisotopic (exact) mass is 596 g/mol. The number of primary amides is 1. The van der Waals surface area contributed by atoms with E-state index in [-0.39, 0.29) is 22.2 Å². The number of nitrogens with one attached hydrogen (secondary N) is 1. The fourth-order valence-corrected chi connectivity index (χ4v) is 6.66. The van der Waals surface area contributed by atoms with Gasteiger partial charge in [0, 0.05) is 48.3 Å². The number of aromatic nitrogens is 1. The molecule has 2 aliphatic rings. The number of amides is 4. The predicted molar refractivity (Wildman–Crippen MR) is 164 cm³/mol. The fraction of sp³-hybridized carbons (Fsp3) is 0.219. The van der Waals surface area contributed by atoms with Gasteiger partial charge in [-0.25, -0.2) is 14.3 Å². The quantitative estimate of drug-likeness (QED) is 0.237. The molecule has 1 saturated heterocycles. The molecule has 4 amide bonds. The number of nitrogens with two attached hydrogens (primary N) is 1. The lowest BCUT2D eigenvalue weighted by Crippen LogP contribution is -2.60. The number of carbonyl (C=O) groups excluding carboxylic acids is 4. The van der Waals surface area contributed by atoms with Crippen molar-refractivity contribution in [3.63, 3.8) is 0 Å². The van der Waals surface area contributed by atoms with E-state index in [4.69, 9.17) is 10.2 Å². The molecule has 3 N–H and O–H groups in total. The number of carbonyl (C=O) groups is 4. The average molecular weight is 597 g/mol. The number of nitrogens with zero attached hydrogens (tertiary/aromatic N) is 3. The van der Waals surface area contributed by atoms with Crippen molar-refractivity contribution in [1.82, 2.24) is 14.4 Å². The molecule has 6 rings (SSSR count). The smallest absolute Gasteiger partial charge is 0.316 e. The van der Waals surface area contributed by atoms with Crippen LogP contribution in [0.1, 0.15) is 29.4 Å². The highest BCUT2D eigenvalue weighted by Gasteiger charge is 2.51. The van der Waals surface area contributed by atoms with Gasteiger partial charge in [-0.1, -0.05) is 18.2 Å². The summed E-state index contributed by atoms with van der Waals surface area (Å²) in [7, 11) is 0. The Morgan fingerprint density at radius 2 is 1.79 bits per heavy atom. The van der Waals surface area contributed by atoms with Crippen molar-refractivity contribution in [1.29, 1.82) is 0 Å². The van der Waals surface area contributed by atoms with E-state index in [1.54, 1.807) is 47.5 Å². The molecule has 10 nitrogen and oxygen atoms in total. The normalized spacial score (nSPS) is 21.2. The van der Waals surface area contributed by atoms with Crippen LogP contribution in [0.3, 0.4) is 0 Å². The van der Waals surface area contributed by atoms with Crippen molar-refractivity contribution >= 4 is 46.3 Å². The molecule has 11 heteroatoms. The summed E-state index contributed by atoms with van der Waals surface area (Å²) >= 11 is 1.35. The maximum absolute atomic E-state index is 13.0. The van der Waals surface area contributed by atoms with Crippen LogP contribution in [-0.2, 0) is 14.4 Å². The molecular formula is C32H30N5O5S+. The molecule has 2 aliphatic heterocycles. The molecule has 0 spiro atoms. The van der Waals surface area contributed by atoms with Crippen LogP contribution in [0.4, 0.5) is 11.4 Å². The van der Waals surface area contributed by atoms with E-state index in [1.165, 1.54) is 18.3 Å². The first kappa shape index (κ1) is 28.3. The van der Waals surface area contributed by atoms with Gasteiger partial charge in [-0.05, 0) is 47.8 Å². The van der Waals surface area contributed by atoms with Gasteiger partial charge in [-0.2, -0.15) is 0 Å². The highest BCUT2D eigenvalue weighted by Crippen LogP contribution is 2.37. The number of quaternary nitrogens is 1. The van der Waals surface area contributed by atoms with Crippen molar-refractivity contribution in [3.05, 3.63) is 89.3 Å². The third-order valence-corrected chi connectivity index (χ3v) is 9.00. The first-order valence-corrected chi connectivity index (χ1v) is 14.8. The Bertz CT molecular complexity index is 1710. The number of hydrogen-bond acceptors (Lipinski definition) is 7. The lowest BCUT2D eigenvalue weighted by Gasteiger charge is -2.34. The van der Waals surface area contributed by atoms with E-state index >= 15 is 0 Å². The molecular weight excluding hydrogens is 566 g/mol. The van der Waals surface area contributed by atoms with E-state index in [9.17, 15) is 19.2 Å². The number of likely N-dealkylation sites (tertiary alicyclic amines) is 1. The van der Waals surface area contributed by atoms with Gasteiger partial charge in [0.25, 0.3) is 17.7 Å². The molecule has 4 aromatic rings. The average Bonchev–Trinajstić information content (AvgIpc) is 3.83. The molecule has 1 unspecified atom stereocenters. The summed E-state index contributed by atoms with van der Waals surface area (Å²) in [6, 6.07) is 16.8. The van der Waals surface area contributed by atoms with Crippen LogP contribution in [0.5, 0.6) is 0 Å². The fourth-order valence-electron chi connectivity index (χ4n) is 5.98. The van der Waals surface area contributed by atoms with Crippen molar-refractivity contribution in [2.24, 2.45) is 5.73 Å². The molecule has 0 bridgehead atoms. The number of thiophene rings is 1. The lowest BCUT2D eigenvalue weighted by molar-refractivity contribution is -0.134. The van der Waals surface area contributed by atoms with Crippen LogP contribution >= 0.6 is 11.3 Å². The first-order chi connectivity index (χ1) is 20.8. The molecule has 218 valence electrons. The standard InChI is InChI=1S/C32H29N5O5S/c1-20(38)37(17-3-6-26(37)29(33)39)24-14-10-21(11-15-24)27-19-34-31(42-27)22-8-12-23(13-9-22)35-30(40)25-5-2-16-36(25)32(41)28-7-4-18-43-28/h2,4-5,7-15,18-19,25-26H,3,6,16-17H2,1H3,(H2-,33,34,35,39,40)/p+1/t25-,26-,37?/m0/s1. The Balaban J connectivity index is 1.13. The molecule has 4 heterocycles. The van der Waals surface area contributed by atoms with Crippen LogP contribution in [-0.4, -0.2) is 58.7 Å². The number of hydrogen-bond donors (Lipinski definition) is 2. The summed E-state index contributed by atoms with van der Waals surface area (Å²) in [6.45, 7) is 2.42. The summed E-state index contributed by atoms with van der Waals surface area (Å²) < 4.78 is 5.96. The second kappa shape index (κ2) is 11.4. The SMILES string of the molecule is CC(=O)[N+]1(c2ccc(-c3cnc(-c4ccc(NC(=O)[C@@H]5C=CCN5C(=O)c5cccs5)cc4)o3)cc2)CCC[C@H]1C(N)=O. The summed E-state index contributed by atoms with van der Waals surface area (Å²) in [6.07, 6.45) is 6.51. The van der Waals surface area contributed by atoms with E-state index in [0.717, 1.165) is 23.2 Å². The second-order valence-corrected chi connectivity index (χ2v) is 11.6. The van der Waals surface area contributed by atoms with E-state index in [2.05, 4.69) is 10.3 Å². The van der Waals surface area contributed by atoms with Gasteiger partial charge in [0.15, 0.2) is 11.8 Å². The van der Waals surface area contributed by atoms with Crippen molar-refractivity contribution in [2.45, 2.75) is 31.8 Å². The number of oxazole rings is 1. The van der Waals surface area contributed by atoms with E-state index in [0.29, 0.717) is 41.7 Å². The van der Waals surface area contributed by atoms with Crippen LogP contribution < -0.4 is 15.5 Å². The third-order valence-electron chi connectivity index (χ3n) is 8.15. The van der Waals surface area contributed by atoms with Gasteiger partial charge >= 0.3 is 5.91 Å². The lowest BCUT2D eigenvalue weighted by atomic mass is 10.1. The molecule has 0 saturated carbocycles. The summed E-state index contributed by atoms with van der Waals surface area (Å²) in [4.78, 5) is 57.2. The predicted octanol–water partition coefficient (Wildman–Crippen LogP) is 4.59. The van der Waals surface area contributed by atoms with Gasteiger partial charge < -0.3 is 20.4 Å². The third kappa shape index (κ3) is 5.17. The topological polar surface area (TPSA) is 136 Å². The second-order valence-electron chi connectivity index (χ2n) is 10.6. The Hall–Kier alpha value is -4.87. The molecule has 43 heavy (non-hydrogen) atoms. The molecule has 2 aromatic heterocycles. The molecule has 3 atom stereocenters. The molecule has 2 aromatic carbocycles. The van der Waals surface area contributed by atoms with Crippen molar-refractivity contribution in [3.8, 4) is 22.8 Å². The number of rotatable bonds is 7. The van der Waals surface area contributed by atoms with E-state index < -0.39 is 18.0 Å². The Morgan fingerprint density at radius 1 is 1.05 bits per heavy atom. The zero-order chi connectivity index (χ0) is 30.1. The number of benzene rings is 2. The van der Waals surface area contributed by atoms with Gasteiger partial charge in [0.05, 0.1) is 24.5 Å². The van der Waals surface area contributed by atoms with Gasteiger partial charge in [-0.15, -0.1) is 11.3 Å². The maximum atomic E-state index is 13.0. The Kier molecular flexibility index (Phi) is 7.51. The highest BCUT2D eigenvalue weighted by atomic mass is 32.1. The van der Waals surface area contributed by atoms with Crippen molar-refractivity contribution in [2.75, 3.05) is 18.4 Å². The number of anilines is 1. The van der Waals surface area contributed by atoms with E-state index in [1.807, 2.05) is 41.8 Å². The van der Waals surface area contributed by atoms with Crippen LogP contribution in [0.15, 0.2) is 88.8 Å². The van der Waals surface area contributed by atoms with Crippen LogP contribution in [0.25, 0.3) is 22.8 Å². The minimum atomic E-state index is -0.686. The largest absolute Gasteiger partial charge is 0.436 e. The van der Waals surface area contributed by atoms with Crippen LogP contribution in [0.2, 0.25) is 0 Å². The molecule has 0 radical (unpaired) electrons. The molecule has 0 aliphatic carbocycles. The maximum Gasteiger partial charge on any atom is 0.316 e.